The zero-order valence-corrected chi connectivity index (χ0v) is 12.2. The number of ether oxygens (including phenoxy) is 1. The molecule has 9 nitrogen and oxygen atoms in total. The summed E-state index contributed by atoms with van der Waals surface area (Å²) in [5.74, 6) is 0.834. The van der Waals surface area contributed by atoms with E-state index in [1.807, 2.05) is 6.92 Å². The molecule has 0 aliphatic heterocycles. The Hall–Kier alpha value is -2.04. The van der Waals surface area contributed by atoms with Crippen LogP contribution in [-0.4, -0.2) is 35.6 Å². The van der Waals surface area contributed by atoms with E-state index in [2.05, 4.69) is 25.3 Å². The summed E-state index contributed by atoms with van der Waals surface area (Å²) in [5.41, 5.74) is 6.24. The molecule has 0 aliphatic carbocycles. The maximum atomic E-state index is 12.2. The molecule has 0 atom stereocenters. The summed E-state index contributed by atoms with van der Waals surface area (Å²) in [6.07, 6.45) is 0. The summed E-state index contributed by atoms with van der Waals surface area (Å²) < 4.78 is 32.1. The summed E-state index contributed by atoms with van der Waals surface area (Å²) in [4.78, 5) is 0.106. The van der Waals surface area contributed by atoms with E-state index in [1.54, 1.807) is 6.07 Å². The number of rotatable bonds is 7. The number of aromatic nitrogens is 4. The summed E-state index contributed by atoms with van der Waals surface area (Å²) in [7, 11) is -3.68. The van der Waals surface area contributed by atoms with Gasteiger partial charge in [-0.25, -0.2) is 13.1 Å². The first-order chi connectivity index (χ1) is 10.1. The van der Waals surface area contributed by atoms with Gasteiger partial charge in [0, 0.05) is 12.1 Å². The molecule has 0 aliphatic rings. The van der Waals surface area contributed by atoms with E-state index in [4.69, 9.17) is 10.5 Å². The molecule has 1 aromatic heterocycles. The monoisotopic (exact) mass is 312 g/mol. The normalized spacial score (nSPS) is 11.5. The van der Waals surface area contributed by atoms with Crippen molar-refractivity contribution in [3.8, 4) is 5.75 Å². The second-order valence-corrected chi connectivity index (χ2v) is 5.83. The van der Waals surface area contributed by atoms with E-state index in [1.165, 1.54) is 12.1 Å². The first-order valence-corrected chi connectivity index (χ1v) is 7.73. The number of sulfonamides is 1. The Bertz CT molecular complexity index is 686. The van der Waals surface area contributed by atoms with Crippen molar-refractivity contribution in [2.24, 2.45) is 5.73 Å². The molecule has 21 heavy (non-hydrogen) atoms. The minimum atomic E-state index is -3.68. The van der Waals surface area contributed by atoms with Gasteiger partial charge in [0.2, 0.25) is 10.0 Å². The number of nitrogens with zero attached hydrogens (tertiary/aromatic N) is 3. The molecule has 0 spiro atoms. The van der Waals surface area contributed by atoms with E-state index in [-0.39, 0.29) is 23.8 Å². The number of tetrazole rings is 1. The van der Waals surface area contributed by atoms with Crippen LogP contribution in [0.2, 0.25) is 0 Å². The standard InChI is InChI=1S/C11H16N6O3S/c1-2-20-10-4-3-9(5-8(10)6-12)21(18,19)13-7-11-14-16-17-15-11/h3-5,13H,2,6-7,12H2,1H3,(H,14,15,16,17). The summed E-state index contributed by atoms with van der Waals surface area (Å²) in [5, 5.41) is 12.9. The topological polar surface area (TPSA) is 136 Å². The molecule has 0 radical (unpaired) electrons. The molecule has 1 heterocycles. The van der Waals surface area contributed by atoms with Crippen LogP contribution >= 0.6 is 0 Å². The van der Waals surface area contributed by atoms with Crippen LogP contribution in [0.5, 0.6) is 5.75 Å². The molecule has 0 saturated heterocycles. The maximum Gasteiger partial charge on any atom is 0.240 e. The van der Waals surface area contributed by atoms with Crippen molar-refractivity contribution in [2.45, 2.75) is 24.9 Å². The first-order valence-electron chi connectivity index (χ1n) is 6.24. The lowest BCUT2D eigenvalue weighted by Gasteiger charge is -2.11. The van der Waals surface area contributed by atoms with Gasteiger partial charge in [0.25, 0.3) is 0 Å². The number of nitrogens with two attached hydrogens (primary N) is 1. The molecular formula is C11H16N6O3S. The van der Waals surface area contributed by atoms with Gasteiger partial charge in [0.15, 0.2) is 5.82 Å². The lowest BCUT2D eigenvalue weighted by Crippen LogP contribution is -2.24. The molecule has 114 valence electrons. The lowest BCUT2D eigenvalue weighted by molar-refractivity contribution is 0.336. The largest absolute Gasteiger partial charge is 0.494 e. The van der Waals surface area contributed by atoms with Crippen LogP contribution in [0.25, 0.3) is 0 Å². The van der Waals surface area contributed by atoms with Gasteiger partial charge in [-0.05, 0) is 25.1 Å². The molecule has 4 N–H and O–H groups in total. The van der Waals surface area contributed by atoms with Crippen LogP contribution in [0.15, 0.2) is 23.1 Å². The van der Waals surface area contributed by atoms with Gasteiger partial charge in [-0.3, -0.25) is 0 Å². The average molecular weight is 312 g/mol. The minimum Gasteiger partial charge on any atom is -0.494 e. The number of benzene rings is 1. The Morgan fingerprint density at radius 3 is 2.86 bits per heavy atom. The van der Waals surface area contributed by atoms with Gasteiger partial charge in [0.05, 0.1) is 18.0 Å². The molecule has 0 unspecified atom stereocenters. The Morgan fingerprint density at radius 1 is 1.43 bits per heavy atom. The molecule has 0 saturated carbocycles. The van der Waals surface area contributed by atoms with Gasteiger partial charge < -0.3 is 10.5 Å². The Kier molecular flexibility index (Phi) is 4.83. The quantitative estimate of drug-likeness (QED) is 0.629. The fraction of sp³-hybridized carbons (Fsp3) is 0.364. The summed E-state index contributed by atoms with van der Waals surface area (Å²) >= 11 is 0. The Labute approximate surface area is 121 Å². The summed E-state index contributed by atoms with van der Waals surface area (Å²) in [6, 6.07) is 4.54. The van der Waals surface area contributed by atoms with Crippen LogP contribution in [0.1, 0.15) is 18.3 Å². The molecule has 2 rings (SSSR count). The molecule has 0 amide bonds. The lowest BCUT2D eigenvalue weighted by atomic mass is 10.2. The predicted molar refractivity (Wildman–Crippen MR) is 73.7 cm³/mol. The SMILES string of the molecule is CCOc1ccc(S(=O)(=O)NCc2nn[nH]n2)cc1CN. The molecule has 10 heteroatoms. The maximum absolute atomic E-state index is 12.2. The molecule has 2 aromatic rings. The van der Waals surface area contributed by atoms with Crippen LogP contribution in [0, 0.1) is 0 Å². The highest BCUT2D eigenvalue weighted by Crippen LogP contribution is 2.22. The van der Waals surface area contributed by atoms with Crippen molar-refractivity contribution in [2.75, 3.05) is 6.61 Å². The highest BCUT2D eigenvalue weighted by molar-refractivity contribution is 7.89. The van der Waals surface area contributed by atoms with E-state index in [9.17, 15) is 8.42 Å². The number of hydrogen-bond acceptors (Lipinski definition) is 7. The molecule has 1 aromatic carbocycles. The van der Waals surface area contributed by atoms with Crippen molar-refractivity contribution in [3.63, 3.8) is 0 Å². The van der Waals surface area contributed by atoms with Crippen LogP contribution in [-0.2, 0) is 23.1 Å². The zero-order chi connectivity index (χ0) is 15.3. The predicted octanol–water partition coefficient (Wildman–Crippen LogP) is -0.464. The Morgan fingerprint density at radius 2 is 2.24 bits per heavy atom. The van der Waals surface area contributed by atoms with Crippen molar-refractivity contribution in [1.29, 1.82) is 0 Å². The number of aromatic amines is 1. The fourth-order valence-electron chi connectivity index (χ4n) is 1.68. The van der Waals surface area contributed by atoms with Crippen LogP contribution < -0.4 is 15.2 Å². The van der Waals surface area contributed by atoms with Gasteiger partial charge in [-0.1, -0.05) is 5.21 Å². The molecule has 0 bridgehead atoms. The number of nitrogens with one attached hydrogen (secondary N) is 2. The molecular weight excluding hydrogens is 296 g/mol. The van der Waals surface area contributed by atoms with E-state index >= 15 is 0 Å². The zero-order valence-electron chi connectivity index (χ0n) is 11.4. The third-order valence-electron chi connectivity index (χ3n) is 2.67. The smallest absolute Gasteiger partial charge is 0.240 e. The van der Waals surface area contributed by atoms with Crippen molar-refractivity contribution < 1.29 is 13.2 Å². The van der Waals surface area contributed by atoms with Gasteiger partial charge in [0.1, 0.15) is 5.75 Å². The second-order valence-electron chi connectivity index (χ2n) is 4.06. The van der Waals surface area contributed by atoms with Gasteiger partial charge >= 0.3 is 0 Å². The third kappa shape index (κ3) is 3.74. The average Bonchev–Trinajstić information content (AvgIpc) is 2.99. The van der Waals surface area contributed by atoms with E-state index in [0.29, 0.717) is 17.9 Å². The van der Waals surface area contributed by atoms with Gasteiger partial charge in [-0.15, -0.1) is 10.2 Å². The van der Waals surface area contributed by atoms with Crippen LogP contribution in [0.3, 0.4) is 0 Å². The van der Waals surface area contributed by atoms with Gasteiger partial charge in [-0.2, -0.15) is 5.21 Å². The van der Waals surface area contributed by atoms with E-state index < -0.39 is 10.0 Å². The number of H-pyrrole nitrogens is 1. The Balaban J connectivity index is 2.19. The van der Waals surface area contributed by atoms with Crippen molar-refractivity contribution in [3.05, 3.63) is 29.6 Å². The highest BCUT2D eigenvalue weighted by atomic mass is 32.2. The van der Waals surface area contributed by atoms with Crippen molar-refractivity contribution >= 4 is 10.0 Å². The van der Waals surface area contributed by atoms with Crippen molar-refractivity contribution in [1.82, 2.24) is 25.3 Å². The highest BCUT2D eigenvalue weighted by Gasteiger charge is 2.17. The fourth-order valence-corrected chi connectivity index (χ4v) is 2.71. The van der Waals surface area contributed by atoms with E-state index in [0.717, 1.165) is 0 Å². The molecule has 0 fully saturated rings. The van der Waals surface area contributed by atoms with Crippen LogP contribution in [0.4, 0.5) is 0 Å². The third-order valence-corrected chi connectivity index (χ3v) is 4.07. The summed E-state index contributed by atoms with van der Waals surface area (Å²) in [6.45, 7) is 2.46. The second kappa shape index (κ2) is 6.61. The number of hydrogen-bond donors (Lipinski definition) is 3. The minimum absolute atomic E-state index is 0.0516. The first kappa shape index (κ1) is 15.4.